The Morgan fingerprint density at radius 3 is 2.00 bits per heavy atom. The highest BCUT2D eigenvalue weighted by molar-refractivity contribution is 7.92. The maximum absolute atomic E-state index is 11.6. The molecule has 0 heterocycles. The quantitative estimate of drug-likeness (QED) is 0.741. The van der Waals surface area contributed by atoms with E-state index in [2.05, 4.69) is 5.32 Å². The summed E-state index contributed by atoms with van der Waals surface area (Å²) >= 11 is 0. The lowest BCUT2D eigenvalue weighted by Crippen LogP contribution is -2.37. The van der Waals surface area contributed by atoms with Crippen LogP contribution in [-0.2, 0) is 9.84 Å². The van der Waals surface area contributed by atoms with Gasteiger partial charge >= 0.3 is 0 Å². The summed E-state index contributed by atoms with van der Waals surface area (Å²) in [5.41, 5.74) is 0. The van der Waals surface area contributed by atoms with E-state index in [-0.39, 0.29) is 5.25 Å². The molecule has 0 spiro atoms. The second-order valence-electron chi connectivity index (χ2n) is 5.57. The molecule has 0 saturated heterocycles. The van der Waals surface area contributed by atoms with E-state index in [1.807, 2.05) is 0 Å². The molecule has 2 fully saturated rings. The van der Waals surface area contributed by atoms with E-state index in [4.69, 9.17) is 0 Å². The Labute approximate surface area is 98.9 Å². The number of sulfone groups is 1. The molecule has 2 saturated carbocycles. The topological polar surface area (TPSA) is 46.2 Å². The molecule has 0 aromatic carbocycles. The van der Waals surface area contributed by atoms with E-state index in [9.17, 15) is 8.42 Å². The van der Waals surface area contributed by atoms with Crippen LogP contribution in [0.1, 0.15) is 39.5 Å². The number of rotatable bonds is 7. The van der Waals surface area contributed by atoms with Crippen molar-refractivity contribution in [2.24, 2.45) is 11.8 Å². The first kappa shape index (κ1) is 12.4. The Kier molecular flexibility index (Phi) is 3.59. The van der Waals surface area contributed by atoms with Gasteiger partial charge in [0.15, 0.2) is 9.84 Å². The largest absolute Gasteiger partial charge is 0.312 e. The first-order chi connectivity index (χ1) is 7.50. The fourth-order valence-electron chi connectivity index (χ4n) is 2.23. The third-order valence-corrected chi connectivity index (χ3v) is 5.95. The van der Waals surface area contributed by atoms with Crippen LogP contribution < -0.4 is 5.32 Å². The van der Waals surface area contributed by atoms with Crippen LogP contribution >= 0.6 is 0 Å². The zero-order chi connectivity index (χ0) is 11.8. The molecule has 16 heavy (non-hydrogen) atoms. The van der Waals surface area contributed by atoms with Crippen molar-refractivity contribution < 1.29 is 8.42 Å². The van der Waals surface area contributed by atoms with Crippen molar-refractivity contribution in [3.8, 4) is 0 Å². The van der Waals surface area contributed by atoms with Gasteiger partial charge in [-0.2, -0.15) is 0 Å². The number of hydrogen-bond acceptors (Lipinski definition) is 3. The highest BCUT2D eigenvalue weighted by Crippen LogP contribution is 2.44. The molecule has 94 valence electrons. The molecule has 0 bridgehead atoms. The van der Waals surface area contributed by atoms with Gasteiger partial charge in [-0.3, -0.25) is 0 Å². The van der Waals surface area contributed by atoms with Crippen LogP contribution in [0, 0.1) is 11.8 Å². The van der Waals surface area contributed by atoms with Crippen molar-refractivity contribution in [2.45, 2.75) is 50.8 Å². The molecule has 2 rings (SSSR count). The minimum atomic E-state index is -2.87. The minimum absolute atomic E-state index is 0.241. The van der Waals surface area contributed by atoms with Crippen molar-refractivity contribution in [2.75, 3.05) is 12.3 Å². The van der Waals surface area contributed by atoms with Crippen molar-refractivity contribution in [3.05, 3.63) is 0 Å². The fourth-order valence-corrected chi connectivity index (χ4v) is 3.11. The summed E-state index contributed by atoms with van der Waals surface area (Å²) in [4.78, 5) is 0. The van der Waals surface area contributed by atoms with Gasteiger partial charge < -0.3 is 5.32 Å². The average molecular weight is 245 g/mol. The number of hydrogen-bond donors (Lipinski definition) is 1. The highest BCUT2D eigenvalue weighted by atomic mass is 32.2. The van der Waals surface area contributed by atoms with Crippen LogP contribution in [0.25, 0.3) is 0 Å². The third kappa shape index (κ3) is 3.20. The van der Waals surface area contributed by atoms with Gasteiger partial charge in [-0.1, -0.05) is 0 Å². The highest BCUT2D eigenvalue weighted by Gasteiger charge is 2.41. The Bertz CT molecular complexity index is 317. The van der Waals surface area contributed by atoms with Crippen molar-refractivity contribution in [1.82, 2.24) is 5.32 Å². The summed E-state index contributed by atoms with van der Waals surface area (Å²) in [6.45, 7) is 4.15. The van der Waals surface area contributed by atoms with Gasteiger partial charge in [-0.15, -0.1) is 0 Å². The molecular weight excluding hydrogens is 222 g/mol. The molecule has 0 aromatic rings. The molecule has 0 radical (unpaired) electrons. The first-order valence-electron chi connectivity index (χ1n) is 6.45. The molecule has 0 aromatic heterocycles. The smallest absolute Gasteiger partial charge is 0.153 e. The van der Waals surface area contributed by atoms with Gasteiger partial charge in [-0.05, 0) is 51.4 Å². The predicted molar refractivity (Wildman–Crippen MR) is 66.2 cm³/mol. The second kappa shape index (κ2) is 4.65. The lowest BCUT2D eigenvalue weighted by Gasteiger charge is -2.18. The van der Waals surface area contributed by atoms with Gasteiger partial charge in [0.25, 0.3) is 0 Å². The molecule has 0 amide bonds. The molecule has 3 nitrogen and oxygen atoms in total. The lowest BCUT2D eigenvalue weighted by molar-refractivity contribution is 0.427. The van der Waals surface area contributed by atoms with E-state index in [1.54, 1.807) is 13.8 Å². The van der Waals surface area contributed by atoms with Crippen LogP contribution in [0.3, 0.4) is 0 Å². The summed E-state index contributed by atoms with van der Waals surface area (Å²) in [6, 6.07) is 0.613. The van der Waals surface area contributed by atoms with Crippen LogP contribution in [-0.4, -0.2) is 32.0 Å². The van der Waals surface area contributed by atoms with E-state index in [1.165, 1.54) is 25.7 Å². The van der Waals surface area contributed by atoms with Crippen molar-refractivity contribution >= 4 is 9.84 Å². The van der Waals surface area contributed by atoms with Crippen molar-refractivity contribution in [1.29, 1.82) is 0 Å². The van der Waals surface area contributed by atoms with Gasteiger partial charge in [0.1, 0.15) is 0 Å². The predicted octanol–water partition coefficient (Wildman–Crippen LogP) is 1.59. The molecule has 1 N–H and O–H groups in total. The van der Waals surface area contributed by atoms with Gasteiger partial charge in [0.2, 0.25) is 0 Å². The van der Waals surface area contributed by atoms with E-state index < -0.39 is 9.84 Å². The van der Waals surface area contributed by atoms with E-state index >= 15 is 0 Å². The van der Waals surface area contributed by atoms with E-state index in [0.29, 0.717) is 18.3 Å². The Morgan fingerprint density at radius 2 is 1.62 bits per heavy atom. The summed E-state index contributed by atoms with van der Waals surface area (Å²) in [6.07, 6.45) is 5.35. The van der Waals surface area contributed by atoms with Crippen LogP contribution in [0.4, 0.5) is 0 Å². The van der Waals surface area contributed by atoms with Crippen LogP contribution in [0.2, 0.25) is 0 Å². The molecular formula is C12H23NO2S. The molecule has 2 aliphatic carbocycles. The normalized spacial score (nSPS) is 22.0. The van der Waals surface area contributed by atoms with E-state index in [0.717, 1.165) is 11.8 Å². The standard InChI is InChI=1S/C12H23NO2S/c1-9(2)16(14,15)8-7-13-12(10-3-4-10)11-5-6-11/h9-13H,3-8H2,1-2H3. The Balaban J connectivity index is 1.74. The summed E-state index contributed by atoms with van der Waals surface area (Å²) in [5.74, 6) is 1.98. The molecule has 4 heteroatoms. The Morgan fingerprint density at radius 1 is 1.12 bits per heavy atom. The van der Waals surface area contributed by atoms with Crippen molar-refractivity contribution in [3.63, 3.8) is 0 Å². The number of nitrogens with one attached hydrogen (secondary N) is 1. The monoisotopic (exact) mass is 245 g/mol. The van der Waals surface area contributed by atoms with Crippen LogP contribution in [0.5, 0.6) is 0 Å². The van der Waals surface area contributed by atoms with Gasteiger partial charge in [0.05, 0.1) is 11.0 Å². The fraction of sp³-hybridized carbons (Fsp3) is 1.00. The Hall–Kier alpha value is -0.0900. The molecule has 0 aliphatic heterocycles. The first-order valence-corrected chi connectivity index (χ1v) is 8.17. The maximum Gasteiger partial charge on any atom is 0.153 e. The third-order valence-electron chi connectivity index (χ3n) is 3.74. The maximum atomic E-state index is 11.6. The summed E-state index contributed by atoms with van der Waals surface area (Å²) in [7, 11) is -2.87. The minimum Gasteiger partial charge on any atom is -0.312 e. The molecule has 0 atom stereocenters. The average Bonchev–Trinajstić information content (AvgIpc) is 3.03. The molecule has 2 aliphatic rings. The zero-order valence-electron chi connectivity index (χ0n) is 10.3. The SMILES string of the molecule is CC(C)S(=O)(=O)CCNC(C1CC1)C1CC1. The van der Waals surface area contributed by atoms with Crippen LogP contribution in [0.15, 0.2) is 0 Å². The second-order valence-corrected chi connectivity index (χ2v) is 8.25. The van der Waals surface area contributed by atoms with Gasteiger partial charge in [0, 0.05) is 12.6 Å². The summed E-state index contributed by atoms with van der Waals surface area (Å²) < 4.78 is 23.3. The molecule has 0 unspecified atom stereocenters. The zero-order valence-corrected chi connectivity index (χ0v) is 11.1. The van der Waals surface area contributed by atoms with Gasteiger partial charge in [-0.25, -0.2) is 8.42 Å². The summed E-state index contributed by atoms with van der Waals surface area (Å²) in [5, 5.41) is 3.23. The lowest BCUT2D eigenvalue weighted by atomic mass is 10.1.